The van der Waals surface area contributed by atoms with Crippen molar-refractivity contribution in [1.29, 1.82) is 5.26 Å². The third-order valence-corrected chi connectivity index (χ3v) is 2.75. The molecule has 0 amide bonds. The molecule has 7 heteroatoms. The molecule has 2 aromatic rings. The molecule has 0 heterocycles. The molecule has 0 aliphatic carbocycles. The number of aromatic hydroxyl groups is 1. The Morgan fingerprint density at radius 1 is 1.14 bits per heavy atom. The van der Waals surface area contributed by atoms with Crippen molar-refractivity contribution in [3.05, 3.63) is 59.2 Å². The summed E-state index contributed by atoms with van der Waals surface area (Å²) in [5.41, 5.74) is -0.789. The second-order valence-corrected chi connectivity index (χ2v) is 4.19. The van der Waals surface area contributed by atoms with Crippen LogP contribution in [0, 0.1) is 11.3 Å². The number of ketones is 1. The van der Waals surface area contributed by atoms with Gasteiger partial charge in [0, 0.05) is 5.56 Å². The normalized spacial score (nSPS) is 10.8. The Morgan fingerprint density at radius 2 is 1.77 bits per heavy atom. The van der Waals surface area contributed by atoms with Gasteiger partial charge in [-0.1, -0.05) is 30.3 Å². The van der Waals surface area contributed by atoms with Gasteiger partial charge in [0.25, 0.3) is 0 Å². The number of halogens is 3. The first kappa shape index (κ1) is 15.4. The largest absolute Gasteiger partial charge is 0.573 e. The second kappa shape index (κ2) is 5.77. The molecule has 0 saturated carbocycles. The number of carbonyl (C=O) groups excluding carboxylic acids is 1. The van der Waals surface area contributed by atoms with E-state index in [0.717, 1.165) is 12.1 Å². The van der Waals surface area contributed by atoms with Crippen LogP contribution in [0.5, 0.6) is 11.5 Å². The van der Waals surface area contributed by atoms with E-state index in [9.17, 15) is 23.1 Å². The Morgan fingerprint density at radius 3 is 2.32 bits per heavy atom. The molecule has 0 atom stereocenters. The van der Waals surface area contributed by atoms with Crippen LogP contribution >= 0.6 is 0 Å². The summed E-state index contributed by atoms with van der Waals surface area (Å²) in [5.74, 6) is -2.87. The Kier molecular flexibility index (Phi) is 4.04. The molecule has 0 bridgehead atoms. The van der Waals surface area contributed by atoms with Crippen LogP contribution in [0.25, 0.3) is 0 Å². The predicted molar refractivity (Wildman–Crippen MR) is 69.4 cm³/mol. The molecular formula is C15H8F3NO3. The minimum absolute atomic E-state index is 0.124. The quantitative estimate of drug-likeness (QED) is 0.882. The van der Waals surface area contributed by atoms with Crippen molar-refractivity contribution in [2.75, 3.05) is 0 Å². The van der Waals surface area contributed by atoms with E-state index in [-0.39, 0.29) is 5.56 Å². The first-order valence-electron chi connectivity index (χ1n) is 5.95. The van der Waals surface area contributed by atoms with E-state index in [1.54, 1.807) is 18.2 Å². The molecule has 0 fully saturated rings. The van der Waals surface area contributed by atoms with Crippen LogP contribution in [0.4, 0.5) is 13.2 Å². The third-order valence-electron chi connectivity index (χ3n) is 2.75. The zero-order valence-electron chi connectivity index (χ0n) is 10.9. The third kappa shape index (κ3) is 3.17. The minimum Gasteiger partial charge on any atom is -0.503 e. The molecule has 4 nitrogen and oxygen atoms in total. The average molecular weight is 307 g/mol. The van der Waals surface area contributed by atoms with Crippen LogP contribution in [0.2, 0.25) is 0 Å². The number of nitrogens with zero attached hydrogens (tertiary/aromatic N) is 1. The monoisotopic (exact) mass is 307 g/mol. The van der Waals surface area contributed by atoms with Crippen molar-refractivity contribution in [1.82, 2.24) is 0 Å². The lowest BCUT2D eigenvalue weighted by atomic mass is 10.0. The molecule has 112 valence electrons. The van der Waals surface area contributed by atoms with Crippen LogP contribution in [0.15, 0.2) is 42.5 Å². The highest BCUT2D eigenvalue weighted by Crippen LogP contribution is 2.38. The van der Waals surface area contributed by atoms with Crippen molar-refractivity contribution < 1.29 is 27.8 Å². The van der Waals surface area contributed by atoms with Gasteiger partial charge < -0.3 is 9.84 Å². The van der Waals surface area contributed by atoms with Crippen LogP contribution in [0.3, 0.4) is 0 Å². The average Bonchev–Trinajstić information content (AvgIpc) is 2.48. The van der Waals surface area contributed by atoms with Gasteiger partial charge in [-0.3, -0.25) is 4.79 Å². The van der Waals surface area contributed by atoms with Gasteiger partial charge in [0.15, 0.2) is 17.3 Å². The number of nitriles is 1. The first-order valence-corrected chi connectivity index (χ1v) is 5.95. The fraction of sp³-hybridized carbons (Fsp3) is 0.0667. The molecule has 0 aliphatic rings. The molecule has 0 saturated heterocycles. The minimum atomic E-state index is -5.11. The van der Waals surface area contributed by atoms with E-state index >= 15 is 0 Å². The van der Waals surface area contributed by atoms with Gasteiger partial charge in [-0.25, -0.2) is 0 Å². The van der Waals surface area contributed by atoms with E-state index in [2.05, 4.69) is 4.74 Å². The number of phenolic OH excluding ortho intramolecular Hbond substituents is 1. The summed E-state index contributed by atoms with van der Waals surface area (Å²) < 4.78 is 41.2. The number of ether oxygens (including phenoxy) is 1. The molecule has 1 N–H and O–H groups in total. The topological polar surface area (TPSA) is 70.3 Å². The first-order chi connectivity index (χ1) is 10.3. The standard InChI is InChI=1S/C15H8F3NO3/c16-15(17,18)22-14-11(7-6-10(8-19)13(14)21)12(20)9-4-2-1-3-5-9/h1-7,21H. The smallest absolute Gasteiger partial charge is 0.503 e. The zero-order valence-corrected chi connectivity index (χ0v) is 10.9. The van der Waals surface area contributed by atoms with E-state index in [0.29, 0.717) is 0 Å². The molecule has 22 heavy (non-hydrogen) atoms. The van der Waals surface area contributed by atoms with Gasteiger partial charge in [0.1, 0.15) is 6.07 Å². The number of hydrogen-bond donors (Lipinski definition) is 1. The van der Waals surface area contributed by atoms with Crippen molar-refractivity contribution in [3.8, 4) is 17.6 Å². The molecule has 2 rings (SSSR count). The van der Waals surface area contributed by atoms with Crippen LogP contribution in [-0.4, -0.2) is 17.3 Å². The SMILES string of the molecule is N#Cc1ccc(C(=O)c2ccccc2)c(OC(F)(F)F)c1O. The van der Waals surface area contributed by atoms with Crippen molar-refractivity contribution >= 4 is 5.78 Å². The second-order valence-electron chi connectivity index (χ2n) is 4.19. The number of hydrogen-bond acceptors (Lipinski definition) is 4. The lowest BCUT2D eigenvalue weighted by Crippen LogP contribution is -2.19. The zero-order chi connectivity index (χ0) is 16.3. The fourth-order valence-electron chi connectivity index (χ4n) is 1.80. The molecule has 0 radical (unpaired) electrons. The Balaban J connectivity index is 2.59. The number of benzene rings is 2. The molecule has 0 unspecified atom stereocenters. The number of carbonyl (C=O) groups is 1. The Bertz CT molecular complexity index is 749. The summed E-state index contributed by atoms with van der Waals surface area (Å²) in [4.78, 5) is 12.3. The van der Waals surface area contributed by atoms with Gasteiger partial charge in [0.2, 0.25) is 0 Å². The fourth-order valence-corrected chi connectivity index (χ4v) is 1.80. The summed E-state index contributed by atoms with van der Waals surface area (Å²) in [6.07, 6.45) is -5.11. The summed E-state index contributed by atoms with van der Waals surface area (Å²) in [7, 11) is 0. The van der Waals surface area contributed by atoms with Gasteiger partial charge in [0.05, 0.1) is 11.1 Å². The molecule has 0 aromatic heterocycles. The highest BCUT2D eigenvalue weighted by atomic mass is 19.4. The van der Waals surface area contributed by atoms with Crippen molar-refractivity contribution in [2.45, 2.75) is 6.36 Å². The number of alkyl halides is 3. The highest BCUT2D eigenvalue weighted by Gasteiger charge is 2.35. The van der Waals surface area contributed by atoms with E-state index in [4.69, 9.17) is 5.26 Å². The lowest BCUT2D eigenvalue weighted by Gasteiger charge is -2.14. The maximum Gasteiger partial charge on any atom is 0.573 e. The maximum atomic E-state index is 12.5. The molecule has 0 aliphatic heterocycles. The summed E-state index contributed by atoms with van der Waals surface area (Å²) >= 11 is 0. The van der Waals surface area contributed by atoms with Crippen LogP contribution in [-0.2, 0) is 0 Å². The van der Waals surface area contributed by atoms with Gasteiger partial charge in [-0.2, -0.15) is 5.26 Å². The highest BCUT2D eigenvalue weighted by molar-refractivity contribution is 6.11. The van der Waals surface area contributed by atoms with Gasteiger partial charge >= 0.3 is 6.36 Å². The summed E-state index contributed by atoms with van der Waals surface area (Å²) in [6.45, 7) is 0. The summed E-state index contributed by atoms with van der Waals surface area (Å²) in [6, 6.07) is 11.1. The van der Waals surface area contributed by atoms with Crippen molar-refractivity contribution in [3.63, 3.8) is 0 Å². The Labute approximate surface area is 123 Å². The van der Waals surface area contributed by atoms with Crippen LogP contribution in [0.1, 0.15) is 21.5 Å². The molecule has 0 spiro atoms. The number of phenols is 1. The maximum absolute atomic E-state index is 12.5. The Hall–Kier alpha value is -3.01. The molecule has 2 aromatic carbocycles. The molecular weight excluding hydrogens is 299 g/mol. The predicted octanol–water partition coefficient (Wildman–Crippen LogP) is 3.39. The van der Waals surface area contributed by atoms with E-state index in [1.807, 2.05) is 0 Å². The number of rotatable bonds is 3. The van der Waals surface area contributed by atoms with Gasteiger partial charge in [-0.05, 0) is 12.1 Å². The summed E-state index contributed by atoms with van der Waals surface area (Å²) in [5, 5.41) is 18.5. The van der Waals surface area contributed by atoms with E-state index < -0.39 is 34.8 Å². The van der Waals surface area contributed by atoms with Crippen LogP contribution < -0.4 is 4.74 Å². The van der Waals surface area contributed by atoms with Gasteiger partial charge in [-0.15, -0.1) is 13.2 Å². The lowest BCUT2D eigenvalue weighted by molar-refractivity contribution is -0.275. The van der Waals surface area contributed by atoms with E-state index in [1.165, 1.54) is 18.2 Å². The van der Waals surface area contributed by atoms with Crippen molar-refractivity contribution in [2.24, 2.45) is 0 Å².